The molecule has 1 aliphatic heterocycles. The molecule has 25 heavy (non-hydrogen) atoms. The maximum atomic E-state index is 6.27. The van der Waals surface area contributed by atoms with E-state index in [1.165, 1.54) is 25.7 Å². The van der Waals surface area contributed by atoms with Crippen LogP contribution >= 0.6 is 35.6 Å². The van der Waals surface area contributed by atoms with E-state index < -0.39 is 0 Å². The van der Waals surface area contributed by atoms with Crippen molar-refractivity contribution in [2.45, 2.75) is 38.1 Å². The molecule has 1 saturated heterocycles. The highest BCUT2D eigenvalue weighted by Gasteiger charge is 2.53. The molecular formula is C18H27ClIN5. The quantitative estimate of drug-likeness (QED) is 0.390. The zero-order valence-corrected chi connectivity index (χ0v) is 17.8. The van der Waals surface area contributed by atoms with E-state index in [0.29, 0.717) is 11.5 Å². The van der Waals surface area contributed by atoms with Crippen molar-refractivity contribution in [3.63, 3.8) is 0 Å². The summed E-state index contributed by atoms with van der Waals surface area (Å²) in [5, 5.41) is 7.86. The second-order valence-corrected chi connectivity index (χ2v) is 7.85. The monoisotopic (exact) mass is 475 g/mol. The summed E-state index contributed by atoms with van der Waals surface area (Å²) in [5.74, 6) is 2.79. The molecule has 1 atom stereocenters. The van der Waals surface area contributed by atoms with Gasteiger partial charge in [0.15, 0.2) is 5.96 Å². The van der Waals surface area contributed by atoms with Crippen LogP contribution in [0.4, 0.5) is 5.82 Å². The maximum Gasteiger partial charge on any atom is 0.191 e. The fourth-order valence-corrected chi connectivity index (χ4v) is 4.15. The van der Waals surface area contributed by atoms with E-state index in [2.05, 4.69) is 25.5 Å². The third-order valence-electron chi connectivity index (χ3n) is 5.73. The number of rotatable bonds is 5. The number of nitrogens with zero attached hydrogens (tertiary/aromatic N) is 3. The molecule has 2 aliphatic carbocycles. The summed E-state index contributed by atoms with van der Waals surface area (Å²) in [6, 6.07) is 4.15. The Kier molecular flexibility index (Phi) is 5.98. The van der Waals surface area contributed by atoms with E-state index >= 15 is 0 Å². The predicted molar refractivity (Wildman–Crippen MR) is 114 cm³/mol. The molecule has 0 bridgehead atoms. The molecular weight excluding hydrogens is 449 g/mol. The lowest BCUT2D eigenvalue weighted by Crippen LogP contribution is -2.46. The Labute approximate surface area is 172 Å². The fourth-order valence-electron chi connectivity index (χ4n) is 3.91. The first-order valence-electron chi connectivity index (χ1n) is 9.03. The van der Waals surface area contributed by atoms with Crippen molar-refractivity contribution in [1.82, 2.24) is 15.6 Å². The largest absolute Gasteiger partial charge is 0.356 e. The molecule has 1 aromatic heterocycles. The molecule has 4 rings (SSSR count). The molecule has 0 radical (unpaired) electrons. The van der Waals surface area contributed by atoms with E-state index in [1.54, 1.807) is 6.20 Å². The summed E-state index contributed by atoms with van der Waals surface area (Å²) in [6.07, 6.45) is 8.50. The second kappa shape index (κ2) is 7.86. The van der Waals surface area contributed by atoms with Gasteiger partial charge in [0.05, 0.1) is 5.02 Å². The minimum Gasteiger partial charge on any atom is -0.356 e. The summed E-state index contributed by atoms with van der Waals surface area (Å²) >= 11 is 6.27. The number of guanidine groups is 1. The number of halogens is 2. The molecule has 1 unspecified atom stereocenters. The molecule has 0 aromatic carbocycles. The van der Waals surface area contributed by atoms with E-state index in [-0.39, 0.29) is 24.0 Å². The normalized spacial score (nSPS) is 24.6. The molecule has 2 N–H and O–H groups in total. The first kappa shape index (κ1) is 19.0. The number of pyridine rings is 1. The average Bonchev–Trinajstić information content (AvgIpc) is 3.50. The minimum absolute atomic E-state index is 0. The van der Waals surface area contributed by atoms with Crippen molar-refractivity contribution in [2.24, 2.45) is 16.3 Å². The standard InChI is InChI=1S/C18H26ClN5.HI/c1-20-17(22-12-18(7-8-18)13-4-5-13)23-14-6-10-24(11-14)16-15(19)3-2-9-21-16;/h2-3,9,13-14H,4-8,10-12H2,1H3,(H2,20,22,23);1H. The molecule has 5 nitrogen and oxygen atoms in total. The lowest BCUT2D eigenvalue weighted by Gasteiger charge is -2.22. The minimum atomic E-state index is 0. The third kappa shape index (κ3) is 4.32. The maximum absolute atomic E-state index is 6.27. The molecule has 0 spiro atoms. The Morgan fingerprint density at radius 3 is 2.84 bits per heavy atom. The third-order valence-corrected chi connectivity index (χ3v) is 6.03. The van der Waals surface area contributed by atoms with Gasteiger partial charge in [0.25, 0.3) is 0 Å². The van der Waals surface area contributed by atoms with Crippen LogP contribution in [-0.4, -0.2) is 43.7 Å². The summed E-state index contributed by atoms with van der Waals surface area (Å²) in [4.78, 5) is 11.1. The van der Waals surface area contributed by atoms with Crippen molar-refractivity contribution in [3.05, 3.63) is 23.4 Å². The summed E-state index contributed by atoms with van der Waals surface area (Å²) in [7, 11) is 1.86. The Bertz CT molecular complexity index is 630. The molecule has 0 amide bonds. The Morgan fingerprint density at radius 2 is 2.20 bits per heavy atom. The van der Waals surface area contributed by atoms with Gasteiger partial charge in [-0.25, -0.2) is 4.98 Å². The summed E-state index contributed by atoms with van der Waals surface area (Å²) in [6.45, 7) is 2.95. The van der Waals surface area contributed by atoms with Crippen molar-refractivity contribution in [2.75, 3.05) is 31.6 Å². The van der Waals surface area contributed by atoms with Gasteiger partial charge in [-0.2, -0.15) is 0 Å². The number of aromatic nitrogens is 1. The first-order valence-corrected chi connectivity index (χ1v) is 9.41. The molecule has 138 valence electrons. The van der Waals surface area contributed by atoms with Crippen molar-refractivity contribution in [3.8, 4) is 0 Å². The molecule has 7 heteroatoms. The molecule has 1 aromatic rings. The highest BCUT2D eigenvalue weighted by Crippen LogP contribution is 2.60. The zero-order valence-electron chi connectivity index (χ0n) is 14.7. The van der Waals surface area contributed by atoms with Crippen LogP contribution in [0.15, 0.2) is 23.3 Å². The van der Waals surface area contributed by atoms with Crippen LogP contribution in [0.2, 0.25) is 5.02 Å². The van der Waals surface area contributed by atoms with Crippen molar-refractivity contribution in [1.29, 1.82) is 0 Å². The van der Waals surface area contributed by atoms with Crippen LogP contribution < -0.4 is 15.5 Å². The molecule has 3 fully saturated rings. The van der Waals surface area contributed by atoms with Gasteiger partial charge in [0.1, 0.15) is 5.82 Å². The number of anilines is 1. The van der Waals surface area contributed by atoms with Crippen LogP contribution in [0, 0.1) is 11.3 Å². The van der Waals surface area contributed by atoms with Crippen molar-refractivity contribution < 1.29 is 0 Å². The van der Waals surface area contributed by atoms with E-state index in [0.717, 1.165) is 48.8 Å². The number of hydrogen-bond acceptors (Lipinski definition) is 3. The SMILES string of the molecule is CN=C(NCC1(C2CC2)CC1)NC1CCN(c2ncccc2Cl)C1.I. The van der Waals surface area contributed by atoms with Crippen molar-refractivity contribution >= 4 is 47.4 Å². The number of aliphatic imine (C=N–C) groups is 1. The molecule has 2 heterocycles. The molecule has 2 saturated carbocycles. The van der Waals surface area contributed by atoms with Crippen LogP contribution in [0.3, 0.4) is 0 Å². The summed E-state index contributed by atoms with van der Waals surface area (Å²) in [5.41, 5.74) is 0.584. The Hall–Kier alpha value is -0.760. The second-order valence-electron chi connectivity index (χ2n) is 7.45. The van der Waals surface area contributed by atoms with Gasteiger partial charge in [0.2, 0.25) is 0 Å². The van der Waals surface area contributed by atoms with Gasteiger partial charge in [-0.3, -0.25) is 4.99 Å². The van der Waals surface area contributed by atoms with E-state index in [9.17, 15) is 0 Å². The van der Waals surface area contributed by atoms with Gasteiger partial charge in [-0.15, -0.1) is 24.0 Å². The van der Waals surface area contributed by atoms with Crippen LogP contribution in [0.25, 0.3) is 0 Å². The first-order chi connectivity index (χ1) is 11.7. The van der Waals surface area contributed by atoms with Gasteiger partial charge in [0, 0.05) is 38.9 Å². The van der Waals surface area contributed by atoms with Gasteiger partial charge < -0.3 is 15.5 Å². The zero-order chi connectivity index (χ0) is 16.6. The smallest absolute Gasteiger partial charge is 0.191 e. The highest BCUT2D eigenvalue weighted by molar-refractivity contribution is 14.0. The van der Waals surface area contributed by atoms with Gasteiger partial charge in [-0.1, -0.05) is 11.6 Å². The Morgan fingerprint density at radius 1 is 1.40 bits per heavy atom. The van der Waals surface area contributed by atoms with Crippen LogP contribution in [-0.2, 0) is 0 Å². The molecule has 3 aliphatic rings. The van der Waals surface area contributed by atoms with E-state index in [1.807, 2.05) is 19.2 Å². The average molecular weight is 476 g/mol. The number of hydrogen-bond donors (Lipinski definition) is 2. The lowest BCUT2D eigenvalue weighted by molar-refractivity contribution is 0.430. The van der Waals surface area contributed by atoms with Crippen LogP contribution in [0.5, 0.6) is 0 Å². The highest BCUT2D eigenvalue weighted by atomic mass is 127. The lowest BCUT2D eigenvalue weighted by atomic mass is 10.0. The topological polar surface area (TPSA) is 52.6 Å². The summed E-state index contributed by atoms with van der Waals surface area (Å²) < 4.78 is 0. The Balaban J connectivity index is 0.00000182. The van der Waals surface area contributed by atoms with E-state index in [4.69, 9.17) is 11.6 Å². The fraction of sp³-hybridized carbons (Fsp3) is 0.667. The van der Waals surface area contributed by atoms with Crippen LogP contribution in [0.1, 0.15) is 32.1 Å². The van der Waals surface area contributed by atoms with Gasteiger partial charge >= 0.3 is 0 Å². The van der Waals surface area contributed by atoms with Gasteiger partial charge in [-0.05, 0) is 55.6 Å². The predicted octanol–water partition coefficient (Wildman–Crippen LogP) is 3.29. The number of nitrogens with one attached hydrogen (secondary N) is 2.